The van der Waals surface area contributed by atoms with Crippen LogP contribution in [-0.4, -0.2) is 45.3 Å². The van der Waals surface area contributed by atoms with E-state index in [1.807, 2.05) is 0 Å². The van der Waals surface area contributed by atoms with E-state index in [1.54, 1.807) is 24.0 Å². The number of benzene rings is 1. The van der Waals surface area contributed by atoms with Crippen molar-refractivity contribution in [2.75, 3.05) is 19.0 Å². The summed E-state index contributed by atoms with van der Waals surface area (Å²) in [5, 5.41) is 2.72. The van der Waals surface area contributed by atoms with Crippen molar-refractivity contribution >= 4 is 17.5 Å². The SMILES string of the molecule is COc1ccc(C(=O)N2CCCCC2c2ncc(C(=O)Nc3ccc(F)cc3)c(C)n2)cn1. The van der Waals surface area contributed by atoms with Crippen LogP contribution < -0.4 is 10.1 Å². The highest BCUT2D eigenvalue weighted by Crippen LogP contribution is 2.30. The lowest BCUT2D eigenvalue weighted by Crippen LogP contribution is -2.39. The van der Waals surface area contributed by atoms with Crippen LogP contribution in [-0.2, 0) is 0 Å². The fourth-order valence-corrected chi connectivity index (χ4v) is 3.84. The van der Waals surface area contributed by atoms with Crippen LogP contribution in [0.2, 0.25) is 0 Å². The minimum atomic E-state index is -0.383. The Bertz CT molecular complexity index is 1150. The molecule has 33 heavy (non-hydrogen) atoms. The summed E-state index contributed by atoms with van der Waals surface area (Å²) in [5.41, 5.74) is 1.76. The fraction of sp³-hybridized carbons (Fsp3) is 0.292. The van der Waals surface area contributed by atoms with Crippen LogP contribution >= 0.6 is 0 Å². The first-order valence-corrected chi connectivity index (χ1v) is 10.7. The van der Waals surface area contributed by atoms with Crippen molar-refractivity contribution in [2.24, 2.45) is 0 Å². The highest BCUT2D eigenvalue weighted by Gasteiger charge is 2.31. The molecule has 1 aliphatic heterocycles. The topological polar surface area (TPSA) is 97.3 Å². The summed E-state index contributed by atoms with van der Waals surface area (Å²) in [7, 11) is 1.52. The standard InChI is InChI=1S/C24H24FN5O3/c1-15-19(23(31)29-18-9-7-17(25)8-10-18)14-27-22(28-15)20-5-3-4-12-30(20)24(32)16-6-11-21(33-2)26-13-16/h6-11,13-14,20H,3-5,12H2,1-2H3,(H,29,31). The second-order valence-electron chi connectivity index (χ2n) is 7.79. The first-order chi connectivity index (χ1) is 16.0. The molecule has 1 aromatic carbocycles. The van der Waals surface area contributed by atoms with Gasteiger partial charge in [0.2, 0.25) is 5.88 Å². The third-order valence-corrected chi connectivity index (χ3v) is 5.60. The summed E-state index contributed by atoms with van der Waals surface area (Å²) < 4.78 is 18.2. The van der Waals surface area contributed by atoms with E-state index in [1.165, 1.54) is 43.8 Å². The Hall–Kier alpha value is -3.88. The van der Waals surface area contributed by atoms with E-state index in [0.29, 0.717) is 40.8 Å². The lowest BCUT2D eigenvalue weighted by atomic mass is 10.00. The Morgan fingerprint density at radius 3 is 2.55 bits per heavy atom. The molecule has 0 spiro atoms. The number of nitrogens with one attached hydrogen (secondary N) is 1. The van der Waals surface area contributed by atoms with E-state index >= 15 is 0 Å². The van der Waals surface area contributed by atoms with Gasteiger partial charge in [-0.25, -0.2) is 19.3 Å². The van der Waals surface area contributed by atoms with E-state index in [4.69, 9.17) is 4.74 Å². The van der Waals surface area contributed by atoms with Gasteiger partial charge in [0.25, 0.3) is 11.8 Å². The Kier molecular flexibility index (Phi) is 6.58. The maximum atomic E-state index is 13.2. The number of ether oxygens (including phenoxy) is 1. The Labute approximate surface area is 190 Å². The van der Waals surface area contributed by atoms with Gasteiger partial charge in [-0.15, -0.1) is 0 Å². The second kappa shape index (κ2) is 9.72. The summed E-state index contributed by atoms with van der Waals surface area (Å²) in [5.74, 6) is 0.0326. The zero-order valence-electron chi connectivity index (χ0n) is 18.4. The van der Waals surface area contributed by atoms with Crippen LogP contribution in [0.1, 0.15) is 57.5 Å². The van der Waals surface area contributed by atoms with Crippen molar-refractivity contribution in [2.45, 2.75) is 32.2 Å². The number of rotatable bonds is 5. The number of hydrogen-bond acceptors (Lipinski definition) is 6. The quantitative estimate of drug-likeness (QED) is 0.634. The van der Waals surface area contributed by atoms with E-state index < -0.39 is 0 Å². The van der Waals surface area contributed by atoms with E-state index in [0.717, 1.165) is 19.3 Å². The van der Waals surface area contributed by atoms with Crippen LogP contribution in [0.15, 0.2) is 48.8 Å². The number of aryl methyl sites for hydroxylation is 1. The number of piperidine rings is 1. The third kappa shape index (κ3) is 4.97. The zero-order valence-corrected chi connectivity index (χ0v) is 18.4. The Balaban J connectivity index is 1.53. The van der Waals surface area contributed by atoms with Gasteiger partial charge in [0.05, 0.1) is 30.0 Å². The number of carbonyl (C=O) groups is 2. The van der Waals surface area contributed by atoms with Crippen molar-refractivity contribution < 1.29 is 18.7 Å². The number of likely N-dealkylation sites (tertiary alicyclic amines) is 1. The van der Waals surface area contributed by atoms with Gasteiger partial charge in [0.15, 0.2) is 5.82 Å². The highest BCUT2D eigenvalue weighted by molar-refractivity contribution is 6.04. The predicted molar refractivity (Wildman–Crippen MR) is 120 cm³/mol. The summed E-state index contributed by atoms with van der Waals surface area (Å²) >= 11 is 0. The minimum Gasteiger partial charge on any atom is -0.481 e. The van der Waals surface area contributed by atoms with E-state index in [9.17, 15) is 14.0 Å². The number of carbonyl (C=O) groups excluding carboxylic acids is 2. The Morgan fingerprint density at radius 1 is 1.09 bits per heavy atom. The lowest BCUT2D eigenvalue weighted by molar-refractivity contribution is 0.0598. The van der Waals surface area contributed by atoms with Crippen LogP contribution in [0.25, 0.3) is 0 Å². The van der Waals surface area contributed by atoms with Crippen molar-refractivity contribution in [1.82, 2.24) is 19.9 Å². The zero-order chi connectivity index (χ0) is 23.4. The number of nitrogens with zero attached hydrogens (tertiary/aromatic N) is 4. The smallest absolute Gasteiger partial charge is 0.259 e. The van der Waals surface area contributed by atoms with Crippen LogP contribution in [0.3, 0.4) is 0 Å². The lowest BCUT2D eigenvalue weighted by Gasteiger charge is -2.35. The molecule has 170 valence electrons. The molecule has 2 aromatic heterocycles. The van der Waals surface area contributed by atoms with Crippen molar-refractivity contribution in [3.8, 4) is 5.88 Å². The maximum absolute atomic E-state index is 13.2. The first-order valence-electron chi connectivity index (χ1n) is 10.7. The van der Waals surface area contributed by atoms with Gasteiger partial charge in [-0.2, -0.15) is 0 Å². The van der Waals surface area contributed by atoms with Crippen molar-refractivity contribution in [1.29, 1.82) is 0 Å². The largest absolute Gasteiger partial charge is 0.481 e. The summed E-state index contributed by atoms with van der Waals surface area (Å²) in [6, 6.07) is 8.57. The molecule has 1 atom stereocenters. The van der Waals surface area contributed by atoms with Gasteiger partial charge < -0.3 is 15.0 Å². The normalized spacial score (nSPS) is 15.7. The number of methoxy groups -OCH3 is 1. The van der Waals surface area contributed by atoms with Crippen molar-refractivity contribution in [3.05, 3.63) is 77.3 Å². The molecule has 4 rings (SSSR count). The third-order valence-electron chi connectivity index (χ3n) is 5.60. The average molecular weight is 449 g/mol. The van der Waals surface area contributed by atoms with Gasteiger partial charge in [0, 0.05) is 30.7 Å². The molecule has 0 saturated carbocycles. The summed E-state index contributed by atoms with van der Waals surface area (Å²) in [4.78, 5) is 40.7. The molecule has 3 aromatic rings. The molecule has 0 radical (unpaired) electrons. The van der Waals surface area contributed by atoms with E-state index in [-0.39, 0.29) is 23.7 Å². The second-order valence-corrected chi connectivity index (χ2v) is 7.79. The van der Waals surface area contributed by atoms with E-state index in [2.05, 4.69) is 20.3 Å². The molecule has 0 aliphatic carbocycles. The molecule has 8 nitrogen and oxygen atoms in total. The molecule has 1 aliphatic rings. The van der Waals surface area contributed by atoms with Crippen LogP contribution in [0.4, 0.5) is 10.1 Å². The number of pyridine rings is 1. The Morgan fingerprint density at radius 2 is 1.88 bits per heavy atom. The molecular formula is C24H24FN5O3. The van der Waals surface area contributed by atoms with Crippen LogP contribution in [0, 0.1) is 12.7 Å². The first kappa shape index (κ1) is 22.3. The van der Waals surface area contributed by atoms with Gasteiger partial charge in [-0.1, -0.05) is 0 Å². The molecule has 2 amide bonds. The predicted octanol–water partition coefficient (Wildman–Crippen LogP) is 3.95. The highest BCUT2D eigenvalue weighted by atomic mass is 19.1. The fourth-order valence-electron chi connectivity index (χ4n) is 3.84. The van der Waals surface area contributed by atoms with Crippen LogP contribution in [0.5, 0.6) is 5.88 Å². The van der Waals surface area contributed by atoms with Gasteiger partial charge in [0.1, 0.15) is 5.82 Å². The molecule has 1 unspecified atom stereocenters. The maximum Gasteiger partial charge on any atom is 0.259 e. The molecule has 0 bridgehead atoms. The summed E-state index contributed by atoms with van der Waals surface area (Å²) in [6.45, 7) is 2.32. The number of amides is 2. The van der Waals surface area contributed by atoms with Crippen molar-refractivity contribution in [3.63, 3.8) is 0 Å². The van der Waals surface area contributed by atoms with Gasteiger partial charge in [-0.3, -0.25) is 9.59 Å². The number of anilines is 1. The monoisotopic (exact) mass is 449 g/mol. The minimum absolute atomic E-state index is 0.144. The number of aromatic nitrogens is 3. The molecular weight excluding hydrogens is 425 g/mol. The van der Waals surface area contributed by atoms with Gasteiger partial charge >= 0.3 is 0 Å². The molecule has 1 saturated heterocycles. The van der Waals surface area contributed by atoms with Gasteiger partial charge in [-0.05, 0) is 56.5 Å². The average Bonchev–Trinajstić information content (AvgIpc) is 2.85. The summed E-state index contributed by atoms with van der Waals surface area (Å²) in [6.07, 6.45) is 5.55. The molecule has 9 heteroatoms. The molecule has 1 fully saturated rings. The molecule has 3 heterocycles. The molecule has 1 N–H and O–H groups in total. The number of halogens is 1. The number of hydrogen-bond donors (Lipinski definition) is 1.